The molecule has 4 aromatic rings. The van der Waals surface area contributed by atoms with Crippen molar-refractivity contribution in [1.29, 1.82) is 0 Å². The van der Waals surface area contributed by atoms with Crippen LogP contribution in [0.5, 0.6) is 0 Å². The van der Waals surface area contributed by atoms with Crippen molar-refractivity contribution in [2.75, 3.05) is 17.6 Å². The second kappa shape index (κ2) is 10.4. The number of nitrogens with zero attached hydrogens (tertiary/aromatic N) is 1. The van der Waals surface area contributed by atoms with Crippen LogP contribution in [0.4, 0.5) is 24.5 Å². The van der Waals surface area contributed by atoms with Crippen molar-refractivity contribution in [3.05, 3.63) is 77.1 Å². The summed E-state index contributed by atoms with van der Waals surface area (Å²) in [7, 11) is -0.500. The van der Waals surface area contributed by atoms with E-state index in [9.17, 15) is 28.0 Å². The zero-order chi connectivity index (χ0) is 27.1. The maximum Gasteiger partial charge on any atom is 0.488 e. The maximum atomic E-state index is 13.8. The summed E-state index contributed by atoms with van der Waals surface area (Å²) in [5.74, 6) is -0.240. The molecular formula is C27H24BF3N2O4S. The van der Waals surface area contributed by atoms with Crippen LogP contribution in [-0.4, -0.2) is 36.4 Å². The van der Waals surface area contributed by atoms with Crippen molar-refractivity contribution >= 4 is 52.8 Å². The number of carbonyl (C=O) groups is 1. The molecule has 1 aliphatic carbocycles. The smallest absolute Gasteiger partial charge is 0.455 e. The summed E-state index contributed by atoms with van der Waals surface area (Å²) < 4.78 is 49.1. The number of amides is 1. The summed E-state index contributed by atoms with van der Waals surface area (Å²) >= 11 is 1.30. The van der Waals surface area contributed by atoms with Gasteiger partial charge >= 0.3 is 7.12 Å². The van der Waals surface area contributed by atoms with Crippen LogP contribution in [0.1, 0.15) is 46.7 Å². The molecule has 0 radical (unpaired) electrons. The lowest BCUT2D eigenvalue weighted by Gasteiger charge is -2.26. The number of fused-ring (bicyclic) bond motifs is 1. The van der Waals surface area contributed by atoms with E-state index < -0.39 is 24.9 Å². The van der Waals surface area contributed by atoms with Gasteiger partial charge in [-0.3, -0.25) is 9.10 Å². The Morgan fingerprint density at radius 3 is 2.42 bits per heavy atom. The predicted octanol–water partition coefficient (Wildman–Crippen LogP) is 5.51. The minimum Gasteiger partial charge on any atom is -0.455 e. The largest absolute Gasteiger partial charge is 0.488 e. The van der Waals surface area contributed by atoms with Crippen molar-refractivity contribution in [1.82, 2.24) is 5.32 Å². The molecule has 0 aliphatic heterocycles. The molecule has 0 bridgehead atoms. The molecule has 38 heavy (non-hydrogen) atoms. The third kappa shape index (κ3) is 4.77. The molecule has 1 saturated carbocycles. The molecule has 0 spiro atoms. The molecule has 0 atom stereocenters. The number of hydrogen-bond donors (Lipinski definition) is 3. The molecule has 5 rings (SSSR count). The Bertz CT molecular complexity index is 1510. The number of nitrogens with one attached hydrogen (secondary N) is 1. The van der Waals surface area contributed by atoms with Gasteiger partial charge in [0.1, 0.15) is 17.2 Å². The van der Waals surface area contributed by atoms with E-state index in [4.69, 9.17) is 4.42 Å². The predicted molar refractivity (Wildman–Crippen MR) is 144 cm³/mol. The first kappa shape index (κ1) is 26.2. The molecule has 6 nitrogen and oxygen atoms in total. The van der Waals surface area contributed by atoms with Crippen molar-refractivity contribution in [3.8, 4) is 11.3 Å². The van der Waals surface area contributed by atoms with Gasteiger partial charge in [0.2, 0.25) is 0 Å². The van der Waals surface area contributed by atoms with Crippen LogP contribution in [-0.2, 0) is 0 Å². The maximum absolute atomic E-state index is 13.8. The van der Waals surface area contributed by atoms with Crippen molar-refractivity contribution in [3.63, 3.8) is 0 Å². The number of benzene rings is 3. The monoisotopic (exact) mass is 540 g/mol. The lowest BCUT2D eigenvalue weighted by atomic mass is 9.77. The highest BCUT2D eigenvalue weighted by atomic mass is 32.2. The Hall–Kier alpha value is -3.41. The Morgan fingerprint density at radius 1 is 1.13 bits per heavy atom. The molecule has 1 heterocycles. The van der Waals surface area contributed by atoms with Gasteiger partial charge in [0.15, 0.2) is 0 Å². The highest BCUT2D eigenvalue weighted by Crippen LogP contribution is 2.50. The molecule has 1 aliphatic rings. The third-order valence-corrected chi connectivity index (χ3v) is 7.41. The zero-order valence-electron chi connectivity index (χ0n) is 20.5. The van der Waals surface area contributed by atoms with Crippen LogP contribution >= 0.6 is 11.9 Å². The Morgan fingerprint density at radius 2 is 1.84 bits per heavy atom. The highest BCUT2D eigenvalue weighted by Gasteiger charge is 2.32. The minimum absolute atomic E-state index is 0.221. The Labute approximate surface area is 221 Å². The van der Waals surface area contributed by atoms with Crippen LogP contribution in [0, 0.1) is 5.82 Å². The van der Waals surface area contributed by atoms with E-state index >= 15 is 0 Å². The van der Waals surface area contributed by atoms with E-state index in [1.165, 1.54) is 43.3 Å². The standard InChI is InChI=1S/C27H24BF3N2O4S/c1-32-27(34)24-20-12-18(14-3-4-14)22(13-23(20)37-25(24)15-5-7-16(29)8-6-15)33(38-2)17-9-10-21(28(35)36)19(11-17)26(30)31/h5-14,26,35-36H,3-4H2,1-2H3,(H,32,34). The van der Waals surface area contributed by atoms with E-state index in [1.54, 1.807) is 34.8 Å². The molecule has 1 amide bonds. The quantitative estimate of drug-likeness (QED) is 0.202. The summed E-state index contributed by atoms with van der Waals surface area (Å²) in [5, 5.41) is 22.3. The van der Waals surface area contributed by atoms with Gasteiger partial charge in [-0.15, -0.1) is 0 Å². The average Bonchev–Trinajstić information content (AvgIpc) is 3.69. The summed E-state index contributed by atoms with van der Waals surface area (Å²) in [6, 6.07) is 13.4. The fourth-order valence-corrected chi connectivity index (χ4v) is 5.34. The number of hydrogen-bond acceptors (Lipinski definition) is 6. The van der Waals surface area contributed by atoms with Gasteiger partial charge in [-0.2, -0.15) is 0 Å². The molecule has 0 unspecified atom stereocenters. The number of rotatable bonds is 8. The molecule has 196 valence electrons. The van der Waals surface area contributed by atoms with E-state index in [0.29, 0.717) is 39.2 Å². The Balaban J connectivity index is 1.71. The van der Waals surface area contributed by atoms with Gasteiger partial charge in [0, 0.05) is 35.9 Å². The average molecular weight is 540 g/mol. The van der Waals surface area contributed by atoms with E-state index in [-0.39, 0.29) is 17.3 Å². The van der Waals surface area contributed by atoms with Crippen LogP contribution in [0.15, 0.2) is 59.0 Å². The van der Waals surface area contributed by atoms with Crippen LogP contribution in [0.2, 0.25) is 0 Å². The van der Waals surface area contributed by atoms with E-state index in [1.807, 2.05) is 6.07 Å². The van der Waals surface area contributed by atoms with Gasteiger partial charge in [0.05, 0.1) is 16.9 Å². The number of halogens is 3. The first-order valence-electron chi connectivity index (χ1n) is 11.9. The van der Waals surface area contributed by atoms with E-state index in [2.05, 4.69) is 5.32 Å². The van der Waals surface area contributed by atoms with Crippen molar-refractivity contribution in [2.45, 2.75) is 25.2 Å². The molecule has 3 aromatic carbocycles. The Kier molecular flexibility index (Phi) is 7.17. The van der Waals surface area contributed by atoms with Crippen LogP contribution < -0.4 is 15.1 Å². The van der Waals surface area contributed by atoms with Crippen LogP contribution in [0.25, 0.3) is 22.3 Å². The third-order valence-electron chi connectivity index (χ3n) is 6.63. The number of furan rings is 1. The fraction of sp³-hybridized carbons (Fsp3) is 0.222. The lowest BCUT2D eigenvalue weighted by molar-refractivity contribution is 0.0964. The van der Waals surface area contributed by atoms with Gasteiger partial charge in [-0.05, 0) is 84.2 Å². The number of anilines is 2. The minimum atomic E-state index is -2.90. The van der Waals surface area contributed by atoms with Gasteiger partial charge in [0.25, 0.3) is 12.3 Å². The molecule has 3 N–H and O–H groups in total. The first-order chi connectivity index (χ1) is 18.2. The summed E-state index contributed by atoms with van der Waals surface area (Å²) in [6.07, 6.45) is 0.784. The van der Waals surface area contributed by atoms with Crippen molar-refractivity contribution < 1.29 is 32.4 Å². The second-order valence-electron chi connectivity index (χ2n) is 9.04. The van der Waals surface area contributed by atoms with Gasteiger partial charge < -0.3 is 19.8 Å². The molecule has 1 aromatic heterocycles. The highest BCUT2D eigenvalue weighted by molar-refractivity contribution is 8.00. The summed E-state index contributed by atoms with van der Waals surface area (Å²) in [4.78, 5) is 13.0. The zero-order valence-corrected chi connectivity index (χ0v) is 21.4. The molecule has 0 saturated heterocycles. The van der Waals surface area contributed by atoms with Crippen molar-refractivity contribution in [2.24, 2.45) is 0 Å². The summed E-state index contributed by atoms with van der Waals surface area (Å²) in [5.41, 5.74) is 2.64. The molecular weight excluding hydrogens is 516 g/mol. The van der Waals surface area contributed by atoms with Gasteiger partial charge in [-0.1, -0.05) is 6.07 Å². The van der Waals surface area contributed by atoms with Gasteiger partial charge in [-0.25, -0.2) is 13.2 Å². The lowest BCUT2D eigenvalue weighted by Crippen LogP contribution is -2.33. The second-order valence-corrected chi connectivity index (χ2v) is 9.77. The van der Waals surface area contributed by atoms with E-state index in [0.717, 1.165) is 18.4 Å². The first-order valence-corrected chi connectivity index (χ1v) is 13.1. The van der Waals surface area contributed by atoms with Crippen LogP contribution in [0.3, 0.4) is 0 Å². The number of carbonyl (C=O) groups excluding carboxylic acids is 1. The normalized spacial score (nSPS) is 13.3. The molecule has 11 heteroatoms. The fourth-order valence-electron chi connectivity index (χ4n) is 4.66. The summed E-state index contributed by atoms with van der Waals surface area (Å²) in [6.45, 7) is 0. The topological polar surface area (TPSA) is 85.9 Å². The number of alkyl halides is 2. The molecule has 1 fully saturated rings. The SMILES string of the molecule is CNC(=O)c1c(-c2ccc(F)cc2)oc2cc(N(SC)c3ccc(B(O)O)c(C(F)F)c3)c(C3CC3)cc12.